The van der Waals surface area contributed by atoms with Gasteiger partial charge < -0.3 is 5.32 Å². The number of benzene rings is 1. The first-order valence-electron chi connectivity index (χ1n) is 4.90. The van der Waals surface area contributed by atoms with Gasteiger partial charge in [-0.1, -0.05) is 11.6 Å². The van der Waals surface area contributed by atoms with Crippen molar-refractivity contribution in [2.24, 2.45) is 0 Å². The fourth-order valence-electron chi connectivity index (χ4n) is 1.45. The molecule has 0 saturated carbocycles. The Morgan fingerprint density at radius 1 is 1.38 bits per heavy atom. The maximum absolute atomic E-state index is 13.0. The van der Waals surface area contributed by atoms with E-state index in [1.165, 1.54) is 17.7 Å². The largest absolute Gasteiger partial charge is 0.377 e. The van der Waals surface area contributed by atoms with Crippen molar-refractivity contribution in [1.29, 1.82) is 0 Å². The number of anilines is 1. The third-order valence-electron chi connectivity index (χ3n) is 2.34. The molecule has 1 N–H and O–H groups in total. The van der Waals surface area contributed by atoms with Crippen LogP contribution >= 0.6 is 22.9 Å². The lowest BCUT2D eigenvalue weighted by Crippen LogP contribution is -2.06. The van der Waals surface area contributed by atoms with Crippen LogP contribution in [0.15, 0.2) is 35.0 Å². The predicted molar refractivity (Wildman–Crippen MR) is 67.8 cm³/mol. The van der Waals surface area contributed by atoms with E-state index in [0.717, 1.165) is 0 Å². The zero-order valence-corrected chi connectivity index (χ0v) is 10.3. The third-order valence-corrected chi connectivity index (χ3v) is 3.37. The maximum Gasteiger partial charge on any atom is 0.125 e. The van der Waals surface area contributed by atoms with Crippen LogP contribution in [-0.2, 0) is 0 Å². The highest BCUT2D eigenvalue weighted by molar-refractivity contribution is 7.07. The molecule has 1 aromatic heterocycles. The van der Waals surface area contributed by atoms with Crippen LogP contribution in [0.25, 0.3) is 0 Å². The summed E-state index contributed by atoms with van der Waals surface area (Å²) in [6.45, 7) is 2.02. The van der Waals surface area contributed by atoms with E-state index >= 15 is 0 Å². The Bertz CT molecular complexity index is 470. The molecule has 1 aromatic carbocycles. The number of rotatable bonds is 3. The lowest BCUT2D eigenvalue weighted by molar-refractivity contribution is 0.628. The maximum atomic E-state index is 13.0. The van der Waals surface area contributed by atoms with Gasteiger partial charge >= 0.3 is 0 Å². The molecular weight excluding hydrogens is 245 g/mol. The Hall–Kier alpha value is -1.06. The zero-order chi connectivity index (χ0) is 11.5. The topological polar surface area (TPSA) is 12.0 Å². The number of halogens is 2. The number of nitrogens with one attached hydrogen (secondary N) is 1. The SMILES string of the molecule is CC(Nc1cc(F)ccc1Cl)c1ccsc1. The zero-order valence-electron chi connectivity index (χ0n) is 8.71. The smallest absolute Gasteiger partial charge is 0.125 e. The van der Waals surface area contributed by atoms with Gasteiger partial charge in [0.25, 0.3) is 0 Å². The molecule has 0 amide bonds. The van der Waals surface area contributed by atoms with Crippen molar-refractivity contribution in [2.45, 2.75) is 13.0 Å². The predicted octanol–water partition coefficient (Wildman–Crippen LogP) is 4.71. The van der Waals surface area contributed by atoms with E-state index in [9.17, 15) is 4.39 Å². The van der Waals surface area contributed by atoms with Crippen LogP contribution in [0.5, 0.6) is 0 Å². The van der Waals surface area contributed by atoms with Gasteiger partial charge in [0.1, 0.15) is 5.82 Å². The van der Waals surface area contributed by atoms with Gasteiger partial charge in [-0.25, -0.2) is 4.39 Å². The lowest BCUT2D eigenvalue weighted by Gasteiger charge is -2.15. The van der Waals surface area contributed by atoms with E-state index in [1.807, 2.05) is 18.4 Å². The van der Waals surface area contributed by atoms with Crippen LogP contribution in [0, 0.1) is 5.82 Å². The van der Waals surface area contributed by atoms with Crippen LogP contribution in [0.1, 0.15) is 18.5 Å². The highest BCUT2D eigenvalue weighted by Gasteiger charge is 2.08. The fourth-order valence-corrected chi connectivity index (χ4v) is 2.37. The second-order valence-electron chi connectivity index (χ2n) is 3.55. The summed E-state index contributed by atoms with van der Waals surface area (Å²) in [7, 11) is 0. The van der Waals surface area contributed by atoms with Crippen molar-refractivity contribution < 1.29 is 4.39 Å². The summed E-state index contributed by atoms with van der Waals surface area (Å²) in [4.78, 5) is 0. The quantitative estimate of drug-likeness (QED) is 0.837. The minimum atomic E-state index is -0.288. The first-order chi connectivity index (χ1) is 7.66. The van der Waals surface area contributed by atoms with E-state index in [4.69, 9.17) is 11.6 Å². The van der Waals surface area contributed by atoms with Gasteiger partial charge in [-0.3, -0.25) is 0 Å². The minimum absolute atomic E-state index is 0.116. The number of thiophene rings is 1. The molecule has 0 aliphatic carbocycles. The molecule has 84 valence electrons. The molecule has 0 spiro atoms. The van der Waals surface area contributed by atoms with E-state index in [2.05, 4.69) is 10.7 Å². The summed E-state index contributed by atoms with van der Waals surface area (Å²) >= 11 is 7.61. The van der Waals surface area contributed by atoms with E-state index in [0.29, 0.717) is 10.7 Å². The monoisotopic (exact) mass is 255 g/mol. The molecule has 1 heterocycles. The molecule has 0 aliphatic heterocycles. The summed E-state index contributed by atoms with van der Waals surface area (Å²) in [6.07, 6.45) is 0. The second kappa shape index (κ2) is 4.85. The van der Waals surface area contributed by atoms with Crippen molar-refractivity contribution in [3.8, 4) is 0 Å². The van der Waals surface area contributed by atoms with Crippen molar-refractivity contribution in [2.75, 3.05) is 5.32 Å². The molecule has 1 unspecified atom stereocenters. The van der Waals surface area contributed by atoms with Crippen molar-refractivity contribution in [3.63, 3.8) is 0 Å². The Kier molecular flexibility index (Phi) is 3.46. The minimum Gasteiger partial charge on any atom is -0.377 e. The summed E-state index contributed by atoms with van der Waals surface area (Å²) in [6, 6.07) is 6.47. The molecule has 0 radical (unpaired) electrons. The number of hydrogen-bond acceptors (Lipinski definition) is 2. The lowest BCUT2D eigenvalue weighted by atomic mass is 10.1. The van der Waals surface area contributed by atoms with Gasteiger partial charge in [0.2, 0.25) is 0 Å². The van der Waals surface area contributed by atoms with Crippen molar-refractivity contribution in [1.82, 2.24) is 0 Å². The Morgan fingerprint density at radius 2 is 2.19 bits per heavy atom. The molecule has 0 aliphatic rings. The molecule has 4 heteroatoms. The summed E-state index contributed by atoms with van der Waals surface area (Å²) in [5.41, 5.74) is 1.80. The Labute approximate surface area is 103 Å². The normalized spacial score (nSPS) is 12.4. The van der Waals surface area contributed by atoms with Crippen molar-refractivity contribution >= 4 is 28.6 Å². The average molecular weight is 256 g/mol. The standard InChI is InChI=1S/C12H11ClFNS/c1-8(9-4-5-16-7-9)15-12-6-10(14)2-3-11(12)13/h2-8,15H,1H3. The van der Waals surface area contributed by atoms with Gasteiger partial charge in [0, 0.05) is 6.04 Å². The van der Waals surface area contributed by atoms with Gasteiger partial charge in [0.15, 0.2) is 0 Å². The average Bonchev–Trinajstić information content (AvgIpc) is 2.76. The Balaban J connectivity index is 2.17. The molecule has 2 aromatic rings. The first kappa shape index (κ1) is 11.4. The second-order valence-corrected chi connectivity index (χ2v) is 4.73. The first-order valence-corrected chi connectivity index (χ1v) is 6.22. The van der Waals surface area contributed by atoms with E-state index in [-0.39, 0.29) is 11.9 Å². The summed E-state index contributed by atoms with van der Waals surface area (Å²) < 4.78 is 13.0. The number of hydrogen-bond donors (Lipinski definition) is 1. The fraction of sp³-hybridized carbons (Fsp3) is 0.167. The van der Waals surface area contributed by atoms with E-state index < -0.39 is 0 Å². The molecule has 16 heavy (non-hydrogen) atoms. The highest BCUT2D eigenvalue weighted by atomic mass is 35.5. The van der Waals surface area contributed by atoms with Crippen LogP contribution in [0.2, 0.25) is 5.02 Å². The third kappa shape index (κ3) is 2.54. The van der Waals surface area contributed by atoms with Crippen LogP contribution < -0.4 is 5.32 Å². The van der Waals surface area contributed by atoms with Crippen LogP contribution in [0.4, 0.5) is 10.1 Å². The van der Waals surface area contributed by atoms with Gasteiger partial charge in [-0.15, -0.1) is 0 Å². The molecule has 2 rings (SSSR count). The highest BCUT2D eigenvalue weighted by Crippen LogP contribution is 2.27. The van der Waals surface area contributed by atoms with Crippen LogP contribution in [-0.4, -0.2) is 0 Å². The Morgan fingerprint density at radius 3 is 2.88 bits per heavy atom. The van der Waals surface area contributed by atoms with Gasteiger partial charge in [0.05, 0.1) is 10.7 Å². The molecule has 0 saturated heterocycles. The van der Waals surface area contributed by atoms with Gasteiger partial charge in [-0.2, -0.15) is 11.3 Å². The van der Waals surface area contributed by atoms with Crippen molar-refractivity contribution in [3.05, 3.63) is 51.4 Å². The molecule has 1 atom stereocenters. The van der Waals surface area contributed by atoms with Gasteiger partial charge in [-0.05, 0) is 47.5 Å². The molecule has 0 fully saturated rings. The van der Waals surface area contributed by atoms with E-state index in [1.54, 1.807) is 17.4 Å². The molecule has 1 nitrogen and oxygen atoms in total. The molecule has 0 bridgehead atoms. The van der Waals surface area contributed by atoms with Crippen LogP contribution in [0.3, 0.4) is 0 Å². The summed E-state index contributed by atoms with van der Waals surface area (Å²) in [5.74, 6) is -0.288. The molecular formula is C12H11ClFNS. The summed E-state index contributed by atoms with van der Waals surface area (Å²) in [5, 5.41) is 7.79.